The molecule has 4 heteroatoms. The Labute approximate surface area is 82.0 Å². The maximum atomic E-state index is 5.14. The van der Waals surface area contributed by atoms with Gasteiger partial charge in [0.1, 0.15) is 6.26 Å². The van der Waals surface area contributed by atoms with Crippen LogP contribution < -0.4 is 5.32 Å². The molecule has 72 valence electrons. The van der Waals surface area contributed by atoms with Crippen LogP contribution in [0.2, 0.25) is 0 Å². The lowest BCUT2D eigenvalue weighted by atomic mass is 10.2. The van der Waals surface area contributed by atoms with E-state index in [9.17, 15) is 0 Å². The zero-order valence-electron chi connectivity index (χ0n) is 7.90. The number of pyridine rings is 1. The van der Waals surface area contributed by atoms with Gasteiger partial charge in [0.25, 0.3) is 6.01 Å². The first-order valence-electron chi connectivity index (χ1n) is 4.40. The van der Waals surface area contributed by atoms with E-state index in [1.807, 2.05) is 18.2 Å². The summed E-state index contributed by atoms with van der Waals surface area (Å²) in [4.78, 5) is 8.41. The highest BCUT2D eigenvalue weighted by Crippen LogP contribution is 2.09. The molecule has 2 aromatic rings. The number of anilines is 1. The van der Waals surface area contributed by atoms with Crippen molar-refractivity contribution < 1.29 is 4.42 Å². The zero-order chi connectivity index (χ0) is 9.80. The highest BCUT2D eigenvalue weighted by atomic mass is 16.4. The lowest BCUT2D eigenvalue weighted by Gasteiger charge is -1.94. The first-order valence-corrected chi connectivity index (χ1v) is 4.40. The van der Waals surface area contributed by atoms with Crippen LogP contribution in [0.1, 0.15) is 11.4 Å². The summed E-state index contributed by atoms with van der Waals surface area (Å²) < 4.78 is 5.14. The van der Waals surface area contributed by atoms with Gasteiger partial charge in [-0.15, -0.1) is 0 Å². The molecule has 2 heterocycles. The highest BCUT2D eigenvalue weighted by Gasteiger charge is 2.03. The van der Waals surface area contributed by atoms with Crippen molar-refractivity contribution in [2.24, 2.45) is 0 Å². The molecule has 2 rings (SSSR count). The Morgan fingerprint density at radius 1 is 1.36 bits per heavy atom. The zero-order valence-corrected chi connectivity index (χ0v) is 7.90. The second kappa shape index (κ2) is 3.91. The second-order valence-electron chi connectivity index (χ2n) is 2.89. The molecule has 0 bridgehead atoms. The monoisotopic (exact) mass is 189 g/mol. The van der Waals surface area contributed by atoms with E-state index in [-0.39, 0.29) is 0 Å². The van der Waals surface area contributed by atoms with Crippen LogP contribution in [-0.2, 0) is 6.42 Å². The molecule has 0 radical (unpaired) electrons. The van der Waals surface area contributed by atoms with Gasteiger partial charge in [-0.05, 0) is 12.1 Å². The quantitative estimate of drug-likeness (QED) is 0.798. The summed E-state index contributed by atoms with van der Waals surface area (Å²) >= 11 is 0. The van der Waals surface area contributed by atoms with Crippen molar-refractivity contribution in [2.45, 2.75) is 6.42 Å². The average Bonchev–Trinajstić information content (AvgIpc) is 2.67. The number of aromatic nitrogens is 2. The minimum Gasteiger partial charge on any atom is -0.432 e. The van der Waals surface area contributed by atoms with Crippen molar-refractivity contribution in [1.82, 2.24) is 9.97 Å². The Hall–Kier alpha value is -1.84. The van der Waals surface area contributed by atoms with Crippen molar-refractivity contribution in [3.05, 3.63) is 42.0 Å². The van der Waals surface area contributed by atoms with Crippen LogP contribution in [0.15, 0.2) is 35.1 Å². The molecule has 1 N–H and O–H groups in total. The number of hydrogen-bond donors (Lipinski definition) is 1. The Morgan fingerprint density at radius 3 is 2.93 bits per heavy atom. The highest BCUT2D eigenvalue weighted by molar-refractivity contribution is 5.22. The second-order valence-corrected chi connectivity index (χ2v) is 2.89. The van der Waals surface area contributed by atoms with E-state index in [0.717, 1.165) is 11.4 Å². The van der Waals surface area contributed by atoms with E-state index in [1.54, 1.807) is 19.5 Å². The first kappa shape index (κ1) is 8.74. The molecule has 0 amide bonds. The molecule has 0 aromatic carbocycles. The van der Waals surface area contributed by atoms with Gasteiger partial charge in [0.15, 0.2) is 0 Å². The fourth-order valence-corrected chi connectivity index (χ4v) is 1.19. The molecule has 0 aliphatic heterocycles. The number of rotatable bonds is 3. The molecular weight excluding hydrogens is 178 g/mol. The Balaban J connectivity index is 2.11. The van der Waals surface area contributed by atoms with Crippen LogP contribution in [0.25, 0.3) is 0 Å². The third-order valence-corrected chi connectivity index (χ3v) is 1.85. The summed E-state index contributed by atoms with van der Waals surface area (Å²) in [5.74, 6) is 0. The third-order valence-electron chi connectivity index (χ3n) is 1.85. The predicted molar refractivity (Wildman–Crippen MR) is 53.1 cm³/mol. The molecule has 4 nitrogen and oxygen atoms in total. The standard InChI is InChI=1S/C10H11N3O/c1-11-10-13-9(7-14-10)6-8-4-2-3-5-12-8/h2-5,7H,6H2,1H3,(H,11,13). The SMILES string of the molecule is CNc1nc(Cc2ccccn2)co1. The fraction of sp³-hybridized carbons (Fsp3) is 0.200. The molecule has 0 saturated carbocycles. The summed E-state index contributed by atoms with van der Waals surface area (Å²) in [6.07, 6.45) is 4.11. The van der Waals surface area contributed by atoms with Crippen LogP contribution in [-0.4, -0.2) is 17.0 Å². The number of nitrogens with zero attached hydrogens (tertiary/aromatic N) is 2. The molecule has 14 heavy (non-hydrogen) atoms. The van der Waals surface area contributed by atoms with E-state index in [4.69, 9.17) is 4.42 Å². The van der Waals surface area contributed by atoms with Crippen molar-refractivity contribution in [2.75, 3.05) is 12.4 Å². The van der Waals surface area contributed by atoms with E-state index in [0.29, 0.717) is 12.4 Å². The summed E-state index contributed by atoms with van der Waals surface area (Å²) in [7, 11) is 1.77. The van der Waals surface area contributed by atoms with Gasteiger partial charge in [0.2, 0.25) is 0 Å². The van der Waals surface area contributed by atoms with Gasteiger partial charge in [-0.2, -0.15) is 4.98 Å². The Kier molecular flexibility index (Phi) is 2.44. The van der Waals surface area contributed by atoms with E-state index >= 15 is 0 Å². The van der Waals surface area contributed by atoms with Crippen molar-refractivity contribution >= 4 is 6.01 Å². The van der Waals surface area contributed by atoms with Gasteiger partial charge < -0.3 is 9.73 Å². The molecular formula is C10H11N3O. The van der Waals surface area contributed by atoms with Crippen LogP contribution in [0.4, 0.5) is 6.01 Å². The van der Waals surface area contributed by atoms with E-state index in [1.165, 1.54) is 0 Å². The normalized spacial score (nSPS) is 10.1. The number of hydrogen-bond acceptors (Lipinski definition) is 4. The smallest absolute Gasteiger partial charge is 0.294 e. The molecule has 0 aliphatic carbocycles. The van der Waals surface area contributed by atoms with Crippen molar-refractivity contribution in [3.8, 4) is 0 Å². The average molecular weight is 189 g/mol. The molecule has 0 saturated heterocycles. The molecule has 0 atom stereocenters. The Bertz CT molecular complexity index is 397. The fourth-order valence-electron chi connectivity index (χ4n) is 1.19. The topological polar surface area (TPSA) is 51.0 Å². The maximum Gasteiger partial charge on any atom is 0.294 e. The van der Waals surface area contributed by atoms with E-state index in [2.05, 4.69) is 15.3 Å². The largest absolute Gasteiger partial charge is 0.432 e. The van der Waals surface area contributed by atoms with Crippen LogP contribution in [0.3, 0.4) is 0 Å². The molecule has 0 unspecified atom stereocenters. The molecule has 2 aromatic heterocycles. The molecule has 0 spiro atoms. The lowest BCUT2D eigenvalue weighted by molar-refractivity contribution is 0.574. The number of oxazole rings is 1. The van der Waals surface area contributed by atoms with E-state index < -0.39 is 0 Å². The van der Waals surface area contributed by atoms with Gasteiger partial charge in [-0.3, -0.25) is 4.98 Å². The van der Waals surface area contributed by atoms with Crippen LogP contribution in [0.5, 0.6) is 0 Å². The van der Waals surface area contributed by atoms with Gasteiger partial charge in [0, 0.05) is 25.4 Å². The van der Waals surface area contributed by atoms with Crippen molar-refractivity contribution in [3.63, 3.8) is 0 Å². The van der Waals surface area contributed by atoms with Gasteiger partial charge >= 0.3 is 0 Å². The molecule has 0 aliphatic rings. The maximum absolute atomic E-state index is 5.14. The van der Waals surface area contributed by atoms with Crippen LogP contribution in [0, 0.1) is 0 Å². The third kappa shape index (κ3) is 1.90. The van der Waals surface area contributed by atoms with Gasteiger partial charge in [-0.25, -0.2) is 0 Å². The number of nitrogens with one attached hydrogen (secondary N) is 1. The van der Waals surface area contributed by atoms with Gasteiger partial charge in [-0.1, -0.05) is 6.07 Å². The first-order chi connectivity index (χ1) is 6.88. The van der Waals surface area contributed by atoms with Gasteiger partial charge in [0.05, 0.1) is 5.69 Å². The Morgan fingerprint density at radius 2 is 2.29 bits per heavy atom. The predicted octanol–water partition coefficient (Wildman–Crippen LogP) is 1.70. The summed E-state index contributed by atoms with van der Waals surface area (Å²) in [6.45, 7) is 0. The van der Waals surface area contributed by atoms with Crippen LogP contribution >= 0.6 is 0 Å². The summed E-state index contributed by atoms with van der Waals surface area (Å²) in [5.41, 5.74) is 1.87. The minimum atomic E-state index is 0.538. The summed E-state index contributed by atoms with van der Waals surface area (Å²) in [6, 6.07) is 6.36. The van der Waals surface area contributed by atoms with Crippen molar-refractivity contribution in [1.29, 1.82) is 0 Å². The summed E-state index contributed by atoms with van der Waals surface area (Å²) in [5, 5.41) is 2.83. The molecule has 0 fully saturated rings. The lowest BCUT2D eigenvalue weighted by Crippen LogP contribution is -1.92. The minimum absolute atomic E-state index is 0.538.